The van der Waals surface area contributed by atoms with Crippen LogP contribution in [0.3, 0.4) is 0 Å². The largest absolute Gasteiger partial charge is 0.382 e. The third-order valence-corrected chi connectivity index (χ3v) is 2.95. The van der Waals surface area contributed by atoms with E-state index in [0.717, 1.165) is 42.9 Å². The normalized spacial score (nSPS) is 16.9. The SMILES string of the molecule is Nc1n[nH]c2cccc(N3CCOCC3)c12. The number of nitrogens with two attached hydrogens (primary N) is 1. The molecule has 1 fully saturated rings. The van der Waals surface area contributed by atoms with Crippen LogP contribution < -0.4 is 10.6 Å². The maximum absolute atomic E-state index is 5.88. The predicted molar refractivity (Wildman–Crippen MR) is 63.5 cm³/mol. The molecule has 84 valence electrons. The van der Waals surface area contributed by atoms with Crippen molar-refractivity contribution in [3.63, 3.8) is 0 Å². The Labute approximate surface area is 93.2 Å². The van der Waals surface area contributed by atoms with Crippen molar-refractivity contribution in [2.24, 2.45) is 0 Å². The molecule has 1 aromatic heterocycles. The summed E-state index contributed by atoms with van der Waals surface area (Å²) in [5, 5.41) is 8.00. The zero-order valence-corrected chi connectivity index (χ0v) is 8.94. The molecule has 0 radical (unpaired) electrons. The fourth-order valence-electron chi connectivity index (χ4n) is 2.15. The number of aromatic nitrogens is 2. The van der Waals surface area contributed by atoms with Crippen LogP contribution in [0, 0.1) is 0 Å². The van der Waals surface area contributed by atoms with Gasteiger partial charge in [0.15, 0.2) is 5.82 Å². The van der Waals surface area contributed by atoms with Crippen molar-refractivity contribution < 1.29 is 4.74 Å². The Morgan fingerprint density at radius 3 is 2.94 bits per heavy atom. The Morgan fingerprint density at radius 1 is 1.31 bits per heavy atom. The number of fused-ring (bicyclic) bond motifs is 1. The summed E-state index contributed by atoms with van der Waals surface area (Å²) >= 11 is 0. The molecule has 16 heavy (non-hydrogen) atoms. The molecule has 1 saturated heterocycles. The third-order valence-electron chi connectivity index (χ3n) is 2.95. The number of H-pyrrole nitrogens is 1. The van der Waals surface area contributed by atoms with E-state index in [1.807, 2.05) is 12.1 Å². The van der Waals surface area contributed by atoms with Crippen molar-refractivity contribution in [3.8, 4) is 0 Å². The highest BCUT2D eigenvalue weighted by atomic mass is 16.5. The van der Waals surface area contributed by atoms with Crippen LogP contribution in [0.5, 0.6) is 0 Å². The summed E-state index contributed by atoms with van der Waals surface area (Å²) in [6, 6.07) is 6.09. The van der Waals surface area contributed by atoms with E-state index in [1.54, 1.807) is 0 Å². The number of hydrogen-bond acceptors (Lipinski definition) is 4. The summed E-state index contributed by atoms with van der Waals surface area (Å²) in [7, 11) is 0. The number of benzene rings is 1. The van der Waals surface area contributed by atoms with E-state index in [0.29, 0.717) is 5.82 Å². The van der Waals surface area contributed by atoms with Gasteiger partial charge in [0.2, 0.25) is 0 Å². The topological polar surface area (TPSA) is 67.2 Å². The average Bonchev–Trinajstić information content (AvgIpc) is 2.73. The van der Waals surface area contributed by atoms with Crippen LogP contribution in [-0.4, -0.2) is 36.5 Å². The van der Waals surface area contributed by atoms with E-state index in [2.05, 4.69) is 21.2 Å². The van der Waals surface area contributed by atoms with E-state index in [1.165, 1.54) is 0 Å². The number of morpholine rings is 1. The Bertz CT molecular complexity index is 502. The molecule has 5 nitrogen and oxygen atoms in total. The Hall–Kier alpha value is -1.75. The number of nitrogens with one attached hydrogen (secondary N) is 1. The van der Waals surface area contributed by atoms with Crippen LogP contribution in [0.15, 0.2) is 18.2 Å². The second-order valence-corrected chi connectivity index (χ2v) is 3.91. The van der Waals surface area contributed by atoms with Gasteiger partial charge in [-0.1, -0.05) is 6.07 Å². The third kappa shape index (κ3) is 1.40. The zero-order valence-electron chi connectivity index (χ0n) is 8.94. The van der Waals surface area contributed by atoms with Crippen LogP contribution in [0.4, 0.5) is 11.5 Å². The highest BCUT2D eigenvalue weighted by Gasteiger charge is 2.16. The monoisotopic (exact) mass is 218 g/mol. The molecule has 2 aromatic rings. The van der Waals surface area contributed by atoms with Gasteiger partial charge in [-0.3, -0.25) is 5.10 Å². The quantitative estimate of drug-likeness (QED) is 0.748. The highest BCUT2D eigenvalue weighted by molar-refractivity contribution is 5.99. The number of rotatable bonds is 1. The number of nitrogen functional groups attached to an aromatic ring is 1. The molecule has 3 N–H and O–H groups in total. The molecule has 1 aromatic carbocycles. The van der Waals surface area contributed by atoms with Gasteiger partial charge in [0, 0.05) is 13.1 Å². The molecule has 1 aliphatic rings. The predicted octanol–water partition coefficient (Wildman–Crippen LogP) is 0.982. The highest BCUT2D eigenvalue weighted by Crippen LogP contribution is 2.30. The van der Waals surface area contributed by atoms with E-state index in [9.17, 15) is 0 Å². The molecular weight excluding hydrogens is 204 g/mol. The minimum absolute atomic E-state index is 0.567. The summed E-state index contributed by atoms with van der Waals surface area (Å²) in [6.45, 7) is 3.36. The number of aromatic amines is 1. The van der Waals surface area contributed by atoms with Crippen molar-refractivity contribution in [2.75, 3.05) is 36.9 Å². The van der Waals surface area contributed by atoms with Crippen LogP contribution in [0.1, 0.15) is 0 Å². The first kappa shape index (κ1) is 9.47. The summed E-state index contributed by atoms with van der Waals surface area (Å²) in [5.74, 6) is 0.567. The average molecular weight is 218 g/mol. The number of nitrogens with zero attached hydrogens (tertiary/aromatic N) is 2. The van der Waals surface area contributed by atoms with Crippen molar-refractivity contribution in [1.29, 1.82) is 0 Å². The Balaban J connectivity index is 2.10. The molecule has 0 atom stereocenters. The van der Waals surface area contributed by atoms with Gasteiger partial charge in [-0.2, -0.15) is 5.10 Å². The fourth-order valence-corrected chi connectivity index (χ4v) is 2.15. The lowest BCUT2D eigenvalue weighted by molar-refractivity contribution is 0.123. The van der Waals surface area contributed by atoms with E-state index in [4.69, 9.17) is 10.5 Å². The van der Waals surface area contributed by atoms with Gasteiger partial charge in [0.05, 0.1) is 29.8 Å². The van der Waals surface area contributed by atoms with E-state index >= 15 is 0 Å². The summed E-state index contributed by atoms with van der Waals surface area (Å²) in [4.78, 5) is 2.29. The van der Waals surface area contributed by atoms with Gasteiger partial charge in [0.1, 0.15) is 0 Å². The molecule has 0 bridgehead atoms. The van der Waals surface area contributed by atoms with Crippen molar-refractivity contribution in [2.45, 2.75) is 0 Å². The lowest BCUT2D eigenvalue weighted by Gasteiger charge is -2.29. The number of hydrogen-bond donors (Lipinski definition) is 2. The van der Waals surface area contributed by atoms with Crippen LogP contribution in [0.25, 0.3) is 10.9 Å². The van der Waals surface area contributed by atoms with E-state index < -0.39 is 0 Å². The molecule has 0 amide bonds. The Morgan fingerprint density at radius 2 is 2.12 bits per heavy atom. The summed E-state index contributed by atoms with van der Waals surface area (Å²) in [5.41, 5.74) is 8.02. The van der Waals surface area contributed by atoms with Gasteiger partial charge >= 0.3 is 0 Å². The second kappa shape index (κ2) is 3.68. The lowest BCUT2D eigenvalue weighted by atomic mass is 10.2. The molecule has 5 heteroatoms. The molecule has 0 unspecified atom stereocenters. The Kier molecular flexibility index (Phi) is 2.18. The van der Waals surface area contributed by atoms with Crippen molar-refractivity contribution >= 4 is 22.4 Å². The van der Waals surface area contributed by atoms with Gasteiger partial charge in [-0.15, -0.1) is 0 Å². The first-order chi connectivity index (χ1) is 7.86. The van der Waals surface area contributed by atoms with Gasteiger partial charge in [0.25, 0.3) is 0 Å². The molecule has 0 aliphatic carbocycles. The maximum Gasteiger partial charge on any atom is 0.155 e. The second-order valence-electron chi connectivity index (χ2n) is 3.91. The zero-order chi connectivity index (χ0) is 11.0. The van der Waals surface area contributed by atoms with Crippen LogP contribution in [-0.2, 0) is 4.74 Å². The van der Waals surface area contributed by atoms with E-state index in [-0.39, 0.29) is 0 Å². The summed E-state index contributed by atoms with van der Waals surface area (Å²) in [6.07, 6.45) is 0. The van der Waals surface area contributed by atoms with Gasteiger partial charge in [-0.25, -0.2) is 0 Å². The maximum atomic E-state index is 5.88. The van der Waals surface area contributed by atoms with Crippen LogP contribution in [0.2, 0.25) is 0 Å². The summed E-state index contributed by atoms with van der Waals surface area (Å²) < 4.78 is 5.35. The molecule has 3 rings (SSSR count). The van der Waals surface area contributed by atoms with Crippen molar-refractivity contribution in [3.05, 3.63) is 18.2 Å². The lowest BCUT2D eigenvalue weighted by Crippen LogP contribution is -2.36. The molecular formula is C11H14N4O. The molecule has 1 aliphatic heterocycles. The number of ether oxygens (including phenoxy) is 1. The van der Waals surface area contributed by atoms with Crippen molar-refractivity contribution in [1.82, 2.24) is 10.2 Å². The van der Waals surface area contributed by atoms with Gasteiger partial charge < -0.3 is 15.4 Å². The molecule has 2 heterocycles. The fraction of sp³-hybridized carbons (Fsp3) is 0.364. The first-order valence-electron chi connectivity index (χ1n) is 5.41. The van der Waals surface area contributed by atoms with Gasteiger partial charge in [-0.05, 0) is 12.1 Å². The standard InChI is InChI=1S/C11H14N4O/c12-11-10-8(13-14-11)2-1-3-9(10)15-4-6-16-7-5-15/h1-3H,4-7H2,(H3,12,13,14). The number of anilines is 2. The smallest absolute Gasteiger partial charge is 0.155 e. The van der Waals surface area contributed by atoms with Crippen LogP contribution >= 0.6 is 0 Å². The molecule has 0 saturated carbocycles. The minimum atomic E-state index is 0.567. The minimum Gasteiger partial charge on any atom is -0.382 e. The first-order valence-corrected chi connectivity index (χ1v) is 5.41. The molecule has 0 spiro atoms.